The summed E-state index contributed by atoms with van der Waals surface area (Å²) in [5.74, 6) is 0.877. The monoisotopic (exact) mass is 405 g/mol. The Hall–Kier alpha value is -2.03. The molecule has 0 radical (unpaired) electrons. The van der Waals surface area contributed by atoms with Crippen LogP contribution in [0, 0.1) is 5.92 Å². The van der Waals surface area contributed by atoms with Crippen molar-refractivity contribution in [3.63, 3.8) is 0 Å². The van der Waals surface area contributed by atoms with Crippen LogP contribution < -0.4 is 16.0 Å². The largest absolute Gasteiger partial charge is 0.393 e. The zero-order valence-electron chi connectivity index (χ0n) is 17.6. The molecule has 3 aliphatic rings. The van der Waals surface area contributed by atoms with E-state index in [0.717, 1.165) is 51.5 Å². The maximum absolute atomic E-state index is 12.9. The summed E-state index contributed by atoms with van der Waals surface area (Å²) in [4.78, 5) is 22.3. The van der Waals surface area contributed by atoms with Gasteiger partial charge in [0.25, 0.3) is 0 Å². The maximum atomic E-state index is 12.9. The molecule has 2 aliphatic heterocycles. The van der Waals surface area contributed by atoms with Crippen LogP contribution in [0.5, 0.6) is 0 Å². The summed E-state index contributed by atoms with van der Waals surface area (Å²) in [6.45, 7) is 5.89. The fourth-order valence-corrected chi connectivity index (χ4v) is 3.88. The van der Waals surface area contributed by atoms with Gasteiger partial charge in [0.05, 0.1) is 30.8 Å². The number of hydrogen-bond acceptors (Lipinski definition) is 7. The molecule has 0 bridgehead atoms. The number of carbonyl (C=O) groups is 1. The van der Waals surface area contributed by atoms with Gasteiger partial charge in [-0.2, -0.15) is 10.2 Å². The molecule has 3 rings (SSSR count). The molecule has 9 nitrogen and oxygen atoms in total. The molecular formula is C20H35N7O2. The minimum Gasteiger partial charge on any atom is -0.393 e. The van der Waals surface area contributed by atoms with Gasteiger partial charge in [0.1, 0.15) is 11.8 Å². The van der Waals surface area contributed by atoms with Crippen molar-refractivity contribution < 1.29 is 9.90 Å². The number of carbonyl (C=O) groups excluding carboxylic acids is 1. The molecular weight excluding hydrogens is 370 g/mol. The van der Waals surface area contributed by atoms with Crippen LogP contribution in [-0.2, 0) is 4.79 Å². The molecule has 1 aliphatic carbocycles. The van der Waals surface area contributed by atoms with Crippen molar-refractivity contribution in [2.75, 3.05) is 19.6 Å². The zero-order valence-corrected chi connectivity index (χ0v) is 17.6. The van der Waals surface area contributed by atoms with Crippen molar-refractivity contribution in [1.82, 2.24) is 16.0 Å². The highest BCUT2D eigenvalue weighted by atomic mass is 16.3. The third kappa shape index (κ3) is 6.48. The van der Waals surface area contributed by atoms with Crippen LogP contribution in [0.25, 0.3) is 0 Å². The van der Waals surface area contributed by atoms with E-state index in [1.807, 2.05) is 6.92 Å². The first-order valence-corrected chi connectivity index (χ1v) is 11.0. The van der Waals surface area contributed by atoms with Gasteiger partial charge in [-0.15, -0.1) is 0 Å². The number of nitrogens with zero attached hydrogens (tertiary/aromatic N) is 4. The van der Waals surface area contributed by atoms with Gasteiger partial charge in [0.15, 0.2) is 5.96 Å². The molecule has 3 unspecified atom stereocenters. The summed E-state index contributed by atoms with van der Waals surface area (Å²) in [5, 5.41) is 27.7. The van der Waals surface area contributed by atoms with E-state index in [4.69, 9.17) is 4.99 Å². The Morgan fingerprint density at radius 3 is 2.76 bits per heavy atom. The van der Waals surface area contributed by atoms with Gasteiger partial charge in [-0.25, -0.2) is 0 Å². The molecule has 162 valence electrons. The molecule has 3 atom stereocenters. The van der Waals surface area contributed by atoms with Gasteiger partial charge in [-0.05, 0) is 45.4 Å². The van der Waals surface area contributed by atoms with Gasteiger partial charge in [0, 0.05) is 13.1 Å². The van der Waals surface area contributed by atoms with E-state index in [0.29, 0.717) is 24.9 Å². The van der Waals surface area contributed by atoms with E-state index in [-0.39, 0.29) is 30.1 Å². The van der Waals surface area contributed by atoms with Crippen molar-refractivity contribution >= 4 is 17.7 Å². The molecule has 29 heavy (non-hydrogen) atoms. The second-order valence-electron chi connectivity index (χ2n) is 8.34. The highest BCUT2D eigenvalue weighted by molar-refractivity contribution is 6.11. The smallest absolute Gasteiger partial charge is 0.232 e. The van der Waals surface area contributed by atoms with Crippen molar-refractivity contribution in [3.8, 4) is 0 Å². The SMILES string of the molecule is CCCCNC1=NCC(C(=O)NCC2CC(C)N=N2)C(=NC2CCC(O)CC2)N1. The predicted octanol–water partition coefficient (Wildman–Crippen LogP) is 1.38. The number of aliphatic imine (C=N–C) groups is 2. The lowest BCUT2D eigenvalue weighted by Crippen LogP contribution is -2.53. The molecule has 1 saturated carbocycles. The van der Waals surface area contributed by atoms with Gasteiger partial charge >= 0.3 is 0 Å². The average Bonchev–Trinajstić information content (AvgIpc) is 3.13. The third-order valence-corrected chi connectivity index (χ3v) is 5.69. The van der Waals surface area contributed by atoms with E-state index in [2.05, 4.69) is 38.1 Å². The highest BCUT2D eigenvalue weighted by Gasteiger charge is 2.31. The third-order valence-electron chi connectivity index (χ3n) is 5.69. The average molecular weight is 406 g/mol. The molecule has 0 saturated heterocycles. The Labute approximate surface area is 172 Å². The second kappa shape index (κ2) is 10.7. The topological polar surface area (TPSA) is 123 Å². The van der Waals surface area contributed by atoms with E-state index in [9.17, 15) is 9.90 Å². The minimum atomic E-state index is -0.422. The molecule has 4 N–H and O–H groups in total. The van der Waals surface area contributed by atoms with Gasteiger partial charge in [-0.3, -0.25) is 14.8 Å². The predicted molar refractivity (Wildman–Crippen MR) is 113 cm³/mol. The number of aliphatic hydroxyl groups is 1. The van der Waals surface area contributed by atoms with Crippen molar-refractivity contribution in [2.24, 2.45) is 26.1 Å². The Balaban J connectivity index is 1.63. The van der Waals surface area contributed by atoms with Crippen LogP contribution in [-0.4, -0.2) is 66.7 Å². The summed E-state index contributed by atoms with van der Waals surface area (Å²) in [7, 11) is 0. The maximum Gasteiger partial charge on any atom is 0.232 e. The van der Waals surface area contributed by atoms with Gasteiger partial charge in [0.2, 0.25) is 5.91 Å². The summed E-state index contributed by atoms with van der Waals surface area (Å²) < 4.78 is 0. The Bertz CT molecular complexity index is 641. The molecule has 0 aromatic heterocycles. The fraction of sp³-hybridized carbons (Fsp3) is 0.850. The molecule has 0 spiro atoms. The molecule has 0 aromatic rings. The first kappa shape index (κ1) is 21.7. The van der Waals surface area contributed by atoms with Crippen LogP contribution in [0.15, 0.2) is 20.2 Å². The number of aliphatic hydroxyl groups excluding tert-OH is 1. The number of nitrogens with one attached hydrogen (secondary N) is 3. The molecule has 0 aromatic carbocycles. The normalized spacial score (nSPS) is 33.3. The second-order valence-corrected chi connectivity index (χ2v) is 8.34. The minimum absolute atomic E-state index is 0.0560. The van der Waals surface area contributed by atoms with E-state index in [1.165, 1.54) is 0 Å². The number of unbranched alkanes of at least 4 members (excludes halogenated alkanes) is 1. The lowest BCUT2D eigenvalue weighted by Gasteiger charge is -2.28. The number of amides is 1. The molecule has 1 amide bonds. The highest BCUT2D eigenvalue weighted by Crippen LogP contribution is 2.22. The lowest BCUT2D eigenvalue weighted by molar-refractivity contribution is -0.122. The van der Waals surface area contributed by atoms with Crippen LogP contribution in [0.3, 0.4) is 0 Å². The number of guanidine groups is 1. The van der Waals surface area contributed by atoms with Crippen LogP contribution in [0.1, 0.15) is 58.8 Å². The number of azo groups is 1. The number of amidine groups is 1. The van der Waals surface area contributed by atoms with E-state index in [1.54, 1.807) is 0 Å². The number of rotatable bonds is 7. The van der Waals surface area contributed by atoms with Crippen molar-refractivity contribution in [3.05, 3.63) is 0 Å². The Kier molecular flexibility index (Phi) is 7.97. The summed E-state index contributed by atoms with van der Waals surface area (Å²) in [6, 6.07) is 0.421. The Morgan fingerprint density at radius 2 is 2.07 bits per heavy atom. The van der Waals surface area contributed by atoms with Crippen LogP contribution >= 0.6 is 0 Å². The molecule has 1 fully saturated rings. The summed E-state index contributed by atoms with van der Waals surface area (Å²) in [5.41, 5.74) is 0. The zero-order chi connectivity index (χ0) is 20.6. The lowest BCUT2D eigenvalue weighted by atomic mass is 9.93. The van der Waals surface area contributed by atoms with Crippen molar-refractivity contribution in [2.45, 2.75) is 83.0 Å². The van der Waals surface area contributed by atoms with Crippen LogP contribution in [0.4, 0.5) is 0 Å². The standard InChI is InChI=1S/C20H35N7O2/c1-3-4-9-21-20-23-12-17(19(29)22-11-15-10-13(2)26-27-15)18(25-20)24-14-5-7-16(28)8-6-14/h13-17,28H,3-12H2,1-2H3,(H,22,29)(H2,21,23,24,25). The molecule has 9 heteroatoms. The Morgan fingerprint density at radius 1 is 1.28 bits per heavy atom. The molecule has 2 heterocycles. The van der Waals surface area contributed by atoms with Crippen LogP contribution in [0.2, 0.25) is 0 Å². The van der Waals surface area contributed by atoms with E-state index < -0.39 is 5.92 Å². The summed E-state index contributed by atoms with van der Waals surface area (Å²) in [6.07, 6.45) is 6.03. The summed E-state index contributed by atoms with van der Waals surface area (Å²) >= 11 is 0. The van der Waals surface area contributed by atoms with Gasteiger partial charge in [-0.1, -0.05) is 13.3 Å². The first-order valence-electron chi connectivity index (χ1n) is 11.0. The van der Waals surface area contributed by atoms with E-state index >= 15 is 0 Å². The first-order chi connectivity index (χ1) is 14.0. The quantitative estimate of drug-likeness (QED) is 0.478. The number of hydrogen-bond donors (Lipinski definition) is 4. The van der Waals surface area contributed by atoms with Gasteiger partial charge < -0.3 is 21.1 Å². The van der Waals surface area contributed by atoms with Crippen molar-refractivity contribution in [1.29, 1.82) is 0 Å². The fourth-order valence-electron chi connectivity index (χ4n) is 3.88.